The van der Waals surface area contributed by atoms with Gasteiger partial charge in [-0.15, -0.1) is 0 Å². The van der Waals surface area contributed by atoms with Crippen molar-refractivity contribution in [3.8, 4) is 0 Å². The molecule has 0 N–H and O–H groups in total. The molecule has 0 fully saturated rings. The van der Waals surface area contributed by atoms with Crippen LogP contribution in [-0.2, 0) is 39.4 Å². The minimum absolute atomic E-state index is 0. The summed E-state index contributed by atoms with van der Waals surface area (Å²) < 4.78 is 0. The summed E-state index contributed by atoms with van der Waals surface area (Å²) in [7, 11) is 0. The Bertz CT molecular complexity index is 314. The van der Waals surface area contributed by atoms with Gasteiger partial charge >= 0.3 is 39.4 Å². The molecule has 30 heavy (non-hydrogen) atoms. The van der Waals surface area contributed by atoms with Gasteiger partial charge in [-0.25, -0.2) is 0 Å². The molecule has 0 aromatic rings. The normalized spacial score (nSPS) is 5.60. The first-order valence-electron chi connectivity index (χ1n) is 3.83. The zero-order valence-electron chi connectivity index (χ0n) is 12.5. The summed E-state index contributed by atoms with van der Waals surface area (Å²) in [6.07, 6.45) is 0. The standard InChI is InChI=1S/Fe.7NO3.Nb/c;7*2-1(3)4;/q+2;7*-1;+5. The van der Waals surface area contributed by atoms with Gasteiger partial charge in [0, 0.05) is 0 Å². The van der Waals surface area contributed by atoms with Crippen molar-refractivity contribution in [2.45, 2.75) is 0 Å². The molecule has 0 rings (SSSR count). The Hall–Kier alpha value is -4.34. The van der Waals surface area contributed by atoms with E-state index in [1.165, 1.54) is 0 Å². The van der Waals surface area contributed by atoms with Crippen LogP contribution in [0.2, 0.25) is 0 Å². The fraction of sp³-hybridized carbons (Fsp3) is 0. The summed E-state index contributed by atoms with van der Waals surface area (Å²) >= 11 is 0. The summed E-state index contributed by atoms with van der Waals surface area (Å²) in [6, 6.07) is 0. The van der Waals surface area contributed by atoms with E-state index < -0.39 is 35.6 Å². The van der Waals surface area contributed by atoms with Crippen LogP contribution in [0, 0.1) is 107 Å². The third-order valence-electron chi connectivity index (χ3n) is 0. The van der Waals surface area contributed by atoms with Gasteiger partial charge in [0.15, 0.2) is 0 Å². The van der Waals surface area contributed by atoms with E-state index in [2.05, 4.69) is 0 Å². The Morgan fingerprint density at radius 1 is 0.267 bits per heavy atom. The first-order valence-corrected chi connectivity index (χ1v) is 3.83. The first-order chi connectivity index (χ1) is 12.1. The average Bonchev–Trinajstić information content (AvgIpc) is 2.20. The maximum atomic E-state index is 8.25. The second-order valence-electron chi connectivity index (χ2n) is 1.57. The Morgan fingerprint density at radius 2 is 0.267 bits per heavy atom. The van der Waals surface area contributed by atoms with Crippen LogP contribution in [-0.4, -0.2) is 35.6 Å². The third-order valence-corrected chi connectivity index (χ3v) is 0. The maximum Gasteiger partial charge on any atom is 5.00 e. The van der Waals surface area contributed by atoms with E-state index in [-0.39, 0.29) is 39.4 Å². The van der Waals surface area contributed by atoms with Gasteiger partial charge in [0.05, 0.1) is 35.6 Å². The number of hydrogen-bond donors (Lipinski definition) is 0. The van der Waals surface area contributed by atoms with E-state index in [4.69, 9.17) is 107 Å². The molecule has 0 radical (unpaired) electrons. The summed E-state index contributed by atoms with van der Waals surface area (Å²) in [5.41, 5.74) is 0. The van der Waals surface area contributed by atoms with E-state index in [1.54, 1.807) is 0 Å². The Morgan fingerprint density at radius 3 is 0.267 bits per heavy atom. The van der Waals surface area contributed by atoms with E-state index in [9.17, 15) is 0 Å². The summed E-state index contributed by atoms with van der Waals surface area (Å²) in [5.74, 6) is 0. The predicted molar refractivity (Wildman–Crippen MR) is 72.5 cm³/mol. The van der Waals surface area contributed by atoms with E-state index in [0.29, 0.717) is 0 Å². The largest absolute Gasteiger partial charge is 5.00 e. The second-order valence-corrected chi connectivity index (χ2v) is 1.57. The minimum Gasteiger partial charge on any atom is -0.356 e. The van der Waals surface area contributed by atoms with Crippen LogP contribution >= 0.6 is 0 Å². The molecule has 0 atom stereocenters. The van der Waals surface area contributed by atoms with Gasteiger partial charge in [-0.1, -0.05) is 0 Å². The average molecular weight is 583 g/mol. The Labute approximate surface area is 182 Å². The van der Waals surface area contributed by atoms with Gasteiger partial charge in [-0.05, 0) is 0 Å². The molecule has 0 aromatic carbocycles. The van der Waals surface area contributed by atoms with Crippen molar-refractivity contribution >= 4 is 0 Å². The fourth-order valence-corrected chi connectivity index (χ4v) is 0. The molecule has 0 aromatic heterocycles. The van der Waals surface area contributed by atoms with Crippen LogP contribution in [0.3, 0.4) is 0 Å². The van der Waals surface area contributed by atoms with E-state index in [1.807, 2.05) is 0 Å². The van der Waals surface area contributed by atoms with Crippen molar-refractivity contribution in [3.63, 3.8) is 0 Å². The molecule has 0 saturated carbocycles. The van der Waals surface area contributed by atoms with Gasteiger partial charge in [0.25, 0.3) is 0 Å². The van der Waals surface area contributed by atoms with Crippen LogP contribution < -0.4 is 0 Å². The van der Waals surface area contributed by atoms with Crippen molar-refractivity contribution in [3.05, 3.63) is 107 Å². The van der Waals surface area contributed by atoms with Crippen molar-refractivity contribution in [1.82, 2.24) is 0 Å². The van der Waals surface area contributed by atoms with Crippen molar-refractivity contribution in [2.24, 2.45) is 0 Å². The third kappa shape index (κ3) is 645. The monoisotopic (exact) mass is 583 g/mol. The molecule has 30 heteroatoms. The second kappa shape index (κ2) is 49.7. The molecule has 0 spiro atoms. The molecule has 0 aliphatic rings. The molecule has 0 unspecified atom stereocenters. The van der Waals surface area contributed by atoms with Crippen LogP contribution in [0.4, 0.5) is 0 Å². The molecular weight excluding hydrogens is 583 g/mol. The molecule has 28 nitrogen and oxygen atoms in total. The van der Waals surface area contributed by atoms with Gasteiger partial charge < -0.3 is 107 Å². The minimum atomic E-state index is -1.75. The summed E-state index contributed by atoms with van der Waals surface area (Å²) in [6.45, 7) is 0. The number of rotatable bonds is 0. The Kier molecular flexibility index (Phi) is 93.2. The van der Waals surface area contributed by atoms with Gasteiger partial charge in [-0.3, -0.25) is 0 Å². The maximum absolute atomic E-state index is 8.25. The number of hydrogen-bond acceptors (Lipinski definition) is 21. The molecule has 0 aliphatic heterocycles. The van der Waals surface area contributed by atoms with Crippen LogP contribution in [0.25, 0.3) is 0 Å². The van der Waals surface area contributed by atoms with Crippen molar-refractivity contribution in [1.29, 1.82) is 0 Å². The molecule has 0 saturated heterocycles. The first kappa shape index (κ1) is 56.2. The van der Waals surface area contributed by atoms with E-state index in [0.717, 1.165) is 0 Å². The molecule has 0 amide bonds. The zero-order chi connectivity index (χ0) is 25.0. The zero-order valence-corrected chi connectivity index (χ0v) is 15.8. The van der Waals surface area contributed by atoms with E-state index >= 15 is 0 Å². The van der Waals surface area contributed by atoms with Crippen LogP contribution in [0.1, 0.15) is 0 Å². The molecule has 0 aliphatic carbocycles. The SMILES string of the molecule is O=[N+]([O-])[O-].O=[N+]([O-])[O-].O=[N+]([O-])[O-].O=[N+]([O-])[O-].O=[N+]([O-])[O-].O=[N+]([O-])[O-].O=[N+]([O-])[O-].[Fe+2].[Nb+5]. The summed E-state index contributed by atoms with van der Waals surface area (Å²) in [4.78, 5) is 57.8. The van der Waals surface area contributed by atoms with Crippen LogP contribution in [0.5, 0.6) is 0 Å². The Balaban J connectivity index is -0.0000000242. The van der Waals surface area contributed by atoms with Crippen LogP contribution in [0.15, 0.2) is 0 Å². The van der Waals surface area contributed by atoms with Gasteiger partial charge in [0.2, 0.25) is 0 Å². The van der Waals surface area contributed by atoms with Crippen molar-refractivity contribution in [2.75, 3.05) is 0 Å². The molecule has 0 bridgehead atoms. The fourth-order valence-electron chi connectivity index (χ4n) is 0. The van der Waals surface area contributed by atoms with Gasteiger partial charge in [-0.2, -0.15) is 0 Å². The number of nitrogens with zero attached hydrogens (tertiary/aromatic N) is 7. The molecule has 174 valence electrons. The predicted octanol–water partition coefficient (Wildman–Crippen LogP) is -1.68. The smallest absolute Gasteiger partial charge is 0.356 e. The van der Waals surface area contributed by atoms with Crippen molar-refractivity contribution < 1.29 is 75.1 Å². The quantitative estimate of drug-likeness (QED) is 0.174. The topological polar surface area (TPSA) is 463 Å². The molecule has 0 heterocycles. The molecular formula is FeN7NbO21. The summed E-state index contributed by atoms with van der Waals surface area (Å²) in [5, 5.41) is 103. The van der Waals surface area contributed by atoms with Gasteiger partial charge in [0.1, 0.15) is 0 Å².